The summed E-state index contributed by atoms with van der Waals surface area (Å²) in [4.78, 5) is 3.63. The van der Waals surface area contributed by atoms with E-state index < -0.39 is 17.1 Å². The molecule has 0 aromatic carbocycles. The lowest BCUT2D eigenvalue weighted by molar-refractivity contribution is -0.156. The third kappa shape index (κ3) is 2.01. The molecule has 0 spiro atoms. The predicted molar refractivity (Wildman–Crippen MR) is 49.1 cm³/mol. The van der Waals surface area contributed by atoms with Crippen molar-refractivity contribution in [3.63, 3.8) is 0 Å². The van der Waals surface area contributed by atoms with Crippen LogP contribution in [-0.2, 0) is 0 Å². The molecule has 5 heteroatoms. The summed E-state index contributed by atoms with van der Waals surface area (Å²) in [5.74, 6) is 0.0762. The van der Waals surface area contributed by atoms with Gasteiger partial charge in [-0.25, -0.2) is 0 Å². The van der Waals surface area contributed by atoms with Crippen LogP contribution in [0.2, 0.25) is 0 Å². The van der Waals surface area contributed by atoms with Crippen molar-refractivity contribution in [2.24, 2.45) is 16.1 Å². The molecule has 0 radical (unpaired) electrons. The average Bonchev–Trinajstić information content (AvgIpc) is 2.64. The van der Waals surface area contributed by atoms with E-state index in [-0.39, 0.29) is 18.7 Å². The van der Waals surface area contributed by atoms with E-state index in [0.717, 1.165) is 0 Å². The number of rotatable bonds is 1. The van der Waals surface area contributed by atoms with E-state index in [9.17, 15) is 13.2 Å². The molecule has 0 heterocycles. The smallest absolute Gasteiger partial charge is 0.387 e. The Morgan fingerprint density at radius 1 is 1.21 bits per heavy atom. The number of hydrogen-bond acceptors (Lipinski definition) is 1. The van der Waals surface area contributed by atoms with E-state index in [2.05, 4.69) is 4.99 Å². The molecule has 0 aliphatic heterocycles. The first-order chi connectivity index (χ1) is 6.08. The van der Waals surface area contributed by atoms with E-state index in [1.165, 1.54) is 0 Å². The number of nitrogens with zero attached hydrogens (tertiary/aromatic N) is 1. The summed E-state index contributed by atoms with van der Waals surface area (Å²) < 4.78 is 37.4. The normalized spacial score (nSPS) is 22.3. The van der Waals surface area contributed by atoms with Gasteiger partial charge in [0.05, 0.1) is 0 Å². The van der Waals surface area contributed by atoms with E-state index >= 15 is 0 Å². The van der Waals surface area contributed by atoms with Crippen molar-refractivity contribution < 1.29 is 13.2 Å². The monoisotopic (exact) mass is 208 g/mol. The standard InChI is InChI=1S/C9H15F3N2/c1-7(2,3)6(13)14-8(4-5-8)9(10,11)12/h4-5H2,1-3H3,(H2,13,14). The average molecular weight is 208 g/mol. The van der Waals surface area contributed by atoms with E-state index in [0.29, 0.717) is 0 Å². The minimum Gasteiger partial charge on any atom is -0.387 e. The molecular formula is C9H15F3N2. The fraction of sp³-hybridized carbons (Fsp3) is 0.889. The highest BCUT2D eigenvalue weighted by Gasteiger charge is 2.64. The van der Waals surface area contributed by atoms with Gasteiger partial charge < -0.3 is 5.73 Å². The summed E-state index contributed by atoms with van der Waals surface area (Å²) in [5.41, 5.74) is 3.15. The predicted octanol–water partition coefficient (Wildman–Crippen LogP) is 2.48. The Morgan fingerprint density at radius 3 is 1.86 bits per heavy atom. The highest BCUT2D eigenvalue weighted by Crippen LogP contribution is 2.52. The van der Waals surface area contributed by atoms with Gasteiger partial charge in [0.25, 0.3) is 0 Å². The van der Waals surface area contributed by atoms with Gasteiger partial charge in [0.15, 0.2) is 5.54 Å². The summed E-state index contributed by atoms with van der Waals surface area (Å²) in [6, 6.07) is 0. The minimum absolute atomic E-state index is 0.0628. The zero-order valence-corrected chi connectivity index (χ0v) is 8.57. The molecule has 1 aliphatic rings. The van der Waals surface area contributed by atoms with Crippen LogP contribution in [0.25, 0.3) is 0 Å². The van der Waals surface area contributed by atoms with Crippen LogP contribution in [0, 0.1) is 5.41 Å². The number of alkyl halides is 3. The second-order valence-corrected chi connectivity index (χ2v) is 4.78. The van der Waals surface area contributed by atoms with Gasteiger partial charge in [-0.15, -0.1) is 0 Å². The second kappa shape index (κ2) is 2.87. The Balaban J connectivity index is 2.88. The maximum atomic E-state index is 12.5. The minimum atomic E-state index is -4.26. The molecule has 1 rings (SSSR count). The van der Waals surface area contributed by atoms with Crippen LogP contribution in [0.4, 0.5) is 13.2 Å². The molecule has 82 valence electrons. The molecule has 0 unspecified atom stereocenters. The number of nitrogens with two attached hydrogens (primary N) is 1. The Morgan fingerprint density at radius 2 is 1.64 bits per heavy atom. The van der Waals surface area contributed by atoms with Crippen molar-refractivity contribution in [3.05, 3.63) is 0 Å². The molecule has 0 atom stereocenters. The number of amidine groups is 1. The maximum absolute atomic E-state index is 12.5. The van der Waals surface area contributed by atoms with Crippen molar-refractivity contribution in [1.82, 2.24) is 0 Å². The van der Waals surface area contributed by atoms with Crippen LogP contribution in [-0.4, -0.2) is 17.6 Å². The molecule has 0 aromatic rings. The quantitative estimate of drug-likeness (QED) is 0.521. The summed E-state index contributed by atoms with van der Waals surface area (Å²) in [7, 11) is 0. The summed E-state index contributed by atoms with van der Waals surface area (Å²) in [6.07, 6.45) is -4.14. The molecule has 0 saturated heterocycles. The van der Waals surface area contributed by atoms with Crippen molar-refractivity contribution in [2.45, 2.75) is 45.3 Å². The Kier molecular flexibility index (Phi) is 2.33. The lowest BCUT2D eigenvalue weighted by Crippen LogP contribution is -2.36. The third-order valence-electron chi connectivity index (χ3n) is 2.35. The zero-order valence-electron chi connectivity index (χ0n) is 8.57. The van der Waals surface area contributed by atoms with E-state index in [1.807, 2.05) is 0 Å². The van der Waals surface area contributed by atoms with Crippen LogP contribution >= 0.6 is 0 Å². The molecule has 1 saturated carbocycles. The molecule has 0 bridgehead atoms. The number of aliphatic imine (C=N–C) groups is 1. The lowest BCUT2D eigenvalue weighted by Gasteiger charge is -2.22. The van der Waals surface area contributed by atoms with Crippen LogP contribution in [0.5, 0.6) is 0 Å². The third-order valence-corrected chi connectivity index (χ3v) is 2.35. The van der Waals surface area contributed by atoms with Gasteiger partial charge in [0.2, 0.25) is 0 Å². The van der Waals surface area contributed by atoms with Crippen LogP contribution in [0.1, 0.15) is 33.6 Å². The van der Waals surface area contributed by atoms with Crippen molar-refractivity contribution >= 4 is 5.84 Å². The van der Waals surface area contributed by atoms with Gasteiger partial charge in [-0.3, -0.25) is 4.99 Å². The largest absolute Gasteiger partial charge is 0.413 e. The zero-order chi connectivity index (χ0) is 11.2. The topological polar surface area (TPSA) is 38.4 Å². The summed E-state index contributed by atoms with van der Waals surface area (Å²) in [6.45, 7) is 5.24. The molecule has 2 nitrogen and oxygen atoms in total. The summed E-state index contributed by atoms with van der Waals surface area (Å²) >= 11 is 0. The van der Waals surface area contributed by atoms with Crippen LogP contribution in [0.3, 0.4) is 0 Å². The molecule has 0 amide bonds. The highest BCUT2D eigenvalue weighted by atomic mass is 19.4. The van der Waals surface area contributed by atoms with Gasteiger partial charge in [-0.05, 0) is 12.8 Å². The lowest BCUT2D eigenvalue weighted by atomic mass is 9.95. The SMILES string of the molecule is CC(C)(C)C(N)=NC1(C(F)(F)F)CC1. The second-order valence-electron chi connectivity index (χ2n) is 4.78. The number of hydrogen-bond donors (Lipinski definition) is 1. The van der Waals surface area contributed by atoms with E-state index in [4.69, 9.17) is 5.73 Å². The van der Waals surface area contributed by atoms with Crippen LogP contribution in [0.15, 0.2) is 4.99 Å². The molecule has 0 aromatic heterocycles. The molecule has 14 heavy (non-hydrogen) atoms. The molecule has 2 N–H and O–H groups in total. The first-order valence-corrected chi connectivity index (χ1v) is 4.51. The van der Waals surface area contributed by atoms with Crippen molar-refractivity contribution in [2.75, 3.05) is 0 Å². The molecule has 1 fully saturated rings. The molecule has 1 aliphatic carbocycles. The van der Waals surface area contributed by atoms with Crippen LogP contribution < -0.4 is 5.73 Å². The van der Waals surface area contributed by atoms with Gasteiger partial charge in [0, 0.05) is 5.41 Å². The fourth-order valence-corrected chi connectivity index (χ4v) is 0.975. The van der Waals surface area contributed by atoms with E-state index in [1.54, 1.807) is 20.8 Å². The first-order valence-electron chi connectivity index (χ1n) is 4.51. The maximum Gasteiger partial charge on any atom is 0.413 e. The van der Waals surface area contributed by atoms with Crippen molar-refractivity contribution in [3.8, 4) is 0 Å². The van der Waals surface area contributed by atoms with Gasteiger partial charge in [0.1, 0.15) is 5.84 Å². The summed E-state index contributed by atoms with van der Waals surface area (Å²) in [5, 5.41) is 0. The fourth-order valence-electron chi connectivity index (χ4n) is 0.975. The first kappa shape index (κ1) is 11.3. The van der Waals surface area contributed by atoms with Gasteiger partial charge in [-0.2, -0.15) is 13.2 Å². The van der Waals surface area contributed by atoms with Gasteiger partial charge in [-0.1, -0.05) is 20.8 Å². The molecular weight excluding hydrogens is 193 g/mol. The van der Waals surface area contributed by atoms with Crippen molar-refractivity contribution in [1.29, 1.82) is 0 Å². The highest BCUT2D eigenvalue weighted by molar-refractivity contribution is 5.86. The van der Waals surface area contributed by atoms with Gasteiger partial charge >= 0.3 is 6.18 Å². The Labute approximate surface area is 81.4 Å². The Bertz CT molecular complexity index is 256. The Hall–Kier alpha value is -0.740. The number of halogens is 3.